The first-order valence-electron chi connectivity index (χ1n) is 5.01. The largest absolute Gasteiger partial charge is 0.392 e. The van der Waals surface area contributed by atoms with Crippen LogP contribution in [-0.4, -0.2) is 26.2 Å². The van der Waals surface area contributed by atoms with Crippen LogP contribution in [0.25, 0.3) is 0 Å². The third kappa shape index (κ3) is 4.28. The van der Waals surface area contributed by atoms with Gasteiger partial charge < -0.3 is 5.11 Å². The maximum absolute atomic E-state index is 11.9. The molecule has 0 aromatic heterocycles. The van der Waals surface area contributed by atoms with Gasteiger partial charge in [0, 0.05) is 6.54 Å². The van der Waals surface area contributed by atoms with Crippen LogP contribution in [0.15, 0.2) is 29.2 Å². The molecule has 1 aromatic rings. The summed E-state index contributed by atoms with van der Waals surface area (Å²) in [5.41, 5.74) is 0.136. The van der Waals surface area contributed by atoms with Crippen molar-refractivity contribution < 1.29 is 26.7 Å². The van der Waals surface area contributed by atoms with Gasteiger partial charge in [-0.25, -0.2) is 13.1 Å². The zero-order valence-electron chi connectivity index (χ0n) is 9.24. The van der Waals surface area contributed by atoms with E-state index in [9.17, 15) is 21.6 Å². The second-order valence-corrected chi connectivity index (χ2v) is 5.26. The Morgan fingerprint density at radius 1 is 1.22 bits per heavy atom. The van der Waals surface area contributed by atoms with Crippen LogP contribution in [0.3, 0.4) is 0 Å². The van der Waals surface area contributed by atoms with E-state index in [1.165, 1.54) is 24.3 Å². The first kappa shape index (κ1) is 14.9. The molecule has 0 unspecified atom stereocenters. The van der Waals surface area contributed by atoms with Gasteiger partial charge in [0.2, 0.25) is 10.0 Å². The van der Waals surface area contributed by atoms with Gasteiger partial charge in [-0.3, -0.25) is 0 Å². The Bertz CT molecular complexity index is 499. The average molecular weight is 283 g/mol. The number of rotatable bonds is 5. The smallest absolute Gasteiger partial charge is 0.390 e. The molecule has 4 nitrogen and oxygen atoms in total. The fourth-order valence-corrected chi connectivity index (χ4v) is 2.56. The van der Waals surface area contributed by atoms with Crippen molar-refractivity contribution in [2.24, 2.45) is 0 Å². The van der Waals surface area contributed by atoms with Crippen molar-refractivity contribution in [2.75, 3.05) is 6.54 Å². The summed E-state index contributed by atoms with van der Waals surface area (Å²) in [6, 6.07) is 5.57. The number of benzene rings is 1. The van der Waals surface area contributed by atoms with Crippen LogP contribution in [-0.2, 0) is 16.6 Å². The van der Waals surface area contributed by atoms with Crippen molar-refractivity contribution in [2.45, 2.75) is 24.1 Å². The summed E-state index contributed by atoms with van der Waals surface area (Å²) >= 11 is 0. The molecule has 18 heavy (non-hydrogen) atoms. The molecule has 0 saturated carbocycles. The van der Waals surface area contributed by atoms with Crippen molar-refractivity contribution in [1.82, 2.24) is 4.72 Å². The maximum Gasteiger partial charge on any atom is 0.390 e. The van der Waals surface area contributed by atoms with E-state index < -0.39 is 35.8 Å². The number of alkyl halides is 3. The van der Waals surface area contributed by atoms with E-state index in [1.54, 1.807) is 0 Å². The van der Waals surface area contributed by atoms with Gasteiger partial charge in [-0.05, 0) is 11.6 Å². The minimum atomic E-state index is -4.42. The minimum absolute atomic E-state index is 0.136. The van der Waals surface area contributed by atoms with Crippen LogP contribution in [0, 0.1) is 0 Å². The monoisotopic (exact) mass is 283 g/mol. The molecule has 0 saturated heterocycles. The summed E-state index contributed by atoms with van der Waals surface area (Å²) in [4.78, 5) is -0.213. The first-order chi connectivity index (χ1) is 8.26. The van der Waals surface area contributed by atoms with Gasteiger partial charge in [-0.2, -0.15) is 13.2 Å². The van der Waals surface area contributed by atoms with Gasteiger partial charge in [-0.15, -0.1) is 0 Å². The number of hydrogen-bond acceptors (Lipinski definition) is 3. The van der Waals surface area contributed by atoms with Crippen LogP contribution in [0.5, 0.6) is 0 Å². The highest BCUT2D eigenvalue weighted by atomic mass is 32.2. The van der Waals surface area contributed by atoms with E-state index in [1.807, 2.05) is 4.72 Å². The second kappa shape index (κ2) is 5.68. The molecule has 0 fully saturated rings. The lowest BCUT2D eigenvalue weighted by Gasteiger charge is -2.11. The van der Waals surface area contributed by atoms with Crippen molar-refractivity contribution in [3.63, 3.8) is 0 Å². The van der Waals surface area contributed by atoms with Crippen molar-refractivity contribution in [3.8, 4) is 0 Å². The fourth-order valence-electron chi connectivity index (χ4n) is 1.30. The van der Waals surface area contributed by atoms with Gasteiger partial charge >= 0.3 is 6.18 Å². The average Bonchev–Trinajstić information content (AvgIpc) is 2.27. The number of halogens is 3. The summed E-state index contributed by atoms with van der Waals surface area (Å²) in [7, 11) is -4.04. The number of aliphatic hydroxyl groups excluding tert-OH is 1. The summed E-state index contributed by atoms with van der Waals surface area (Å²) in [6.45, 7) is -1.23. The summed E-state index contributed by atoms with van der Waals surface area (Å²) in [5, 5.41) is 8.96. The zero-order chi connectivity index (χ0) is 13.8. The lowest BCUT2D eigenvalue weighted by atomic mass is 10.2. The fraction of sp³-hybridized carbons (Fsp3) is 0.400. The Morgan fingerprint density at radius 3 is 2.39 bits per heavy atom. The van der Waals surface area contributed by atoms with E-state index in [0.29, 0.717) is 0 Å². The lowest BCUT2D eigenvalue weighted by molar-refractivity contribution is -0.132. The number of hydrogen-bond donors (Lipinski definition) is 2. The number of aliphatic hydroxyl groups is 1. The van der Waals surface area contributed by atoms with Crippen LogP contribution < -0.4 is 4.72 Å². The van der Waals surface area contributed by atoms with Crippen molar-refractivity contribution in [1.29, 1.82) is 0 Å². The standard InChI is InChI=1S/C10H12F3NO3S/c11-10(12,13)5-6-14-18(16,17)9-4-2-1-3-8(9)7-15/h1-4,14-15H,5-7H2. The quantitative estimate of drug-likeness (QED) is 0.858. The molecule has 0 aliphatic carbocycles. The molecule has 1 rings (SSSR count). The lowest BCUT2D eigenvalue weighted by Crippen LogP contribution is -2.28. The predicted octanol–water partition coefficient (Wildman–Crippen LogP) is 1.41. The molecule has 1 aromatic carbocycles. The van der Waals surface area contributed by atoms with Gasteiger partial charge in [0.15, 0.2) is 0 Å². The van der Waals surface area contributed by atoms with E-state index >= 15 is 0 Å². The Hall–Kier alpha value is -1.12. The molecule has 0 aliphatic rings. The van der Waals surface area contributed by atoms with Crippen LogP contribution in [0.4, 0.5) is 13.2 Å². The molecule has 0 amide bonds. The van der Waals surface area contributed by atoms with E-state index in [2.05, 4.69) is 0 Å². The van der Waals surface area contributed by atoms with Gasteiger partial charge in [-0.1, -0.05) is 18.2 Å². The molecule has 2 N–H and O–H groups in total. The highest BCUT2D eigenvalue weighted by Gasteiger charge is 2.27. The number of nitrogens with one attached hydrogen (secondary N) is 1. The van der Waals surface area contributed by atoms with E-state index in [4.69, 9.17) is 5.11 Å². The van der Waals surface area contributed by atoms with Gasteiger partial charge in [0.05, 0.1) is 17.9 Å². The van der Waals surface area contributed by atoms with Crippen LogP contribution in [0.2, 0.25) is 0 Å². The van der Waals surface area contributed by atoms with Crippen molar-refractivity contribution in [3.05, 3.63) is 29.8 Å². The molecule has 102 valence electrons. The van der Waals surface area contributed by atoms with Crippen molar-refractivity contribution >= 4 is 10.0 Å². The molecule has 0 heterocycles. The topological polar surface area (TPSA) is 66.4 Å². The Balaban J connectivity index is 2.81. The molecule has 8 heteroatoms. The first-order valence-corrected chi connectivity index (χ1v) is 6.50. The number of sulfonamides is 1. The molecule has 0 bridgehead atoms. The van der Waals surface area contributed by atoms with Gasteiger partial charge in [0.25, 0.3) is 0 Å². The predicted molar refractivity (Wildman–Crippen MR) is 58.2 cm³/mol. The van der Waals surface area contributed by atoms with E-state index in [-0.39, 0.29) is 10.5 Å². The second-order valence-electron chi connectivity index (χ2n) is 3.53. The molecular formula is C10H12F3NO3S. The Morgan fingerprint density at radius 2 is 1.83 bits per heavy atom. The summed E-state index contributed by atoms with van der Waals surface area (Å²) < 4.78 is 61.0. The SMILES string of the molecule is O=S(=O)(NCCC(F)(F)F)c1ccccc1CO. The Labute approximate surface area is 102 Å². The molecule has 0 atom stereocenters. The highest BCUT2D eigenvalue weighted by molar-refractivity contribution is 7.89. The highest BCUT2D eigenvalue weighted by Crippen LogP contribution is 2.19. The van der Waals surface area contributed by atoms with Crippen LogP contribution >= 0.6 is 0 Å². The van der Waals surface area contributed by atoms with E-state index in [0.717, 1.165) is 0 Å². The molecule has 0 spiro atoms. The van der Waals surface area contributed by atoms with Crippen LogP contribution in [0.1, 0.15) is 12.0 Å². The van der Waals surface area contributed by atoms with Gasteiger partial charge in [0.1, 0.15) is 0 Å². The summed E-state index contributed by atoms with van der Waals surface area (Å²) in [5.74, 6) is 0. The molecular weight excluding hydrogens is 271 g/mol. The zero-order valence-corrected chi connectivity index (χ0v) is 10.1. The molecule has 0 aliphatic heterocycles. The maximum atomic E-state index is 11.9. The Kier molecular flexibility index (Phi) is 4.71. The summed E-state index contributed by atoms with van der Waals surface area (Å²) in [6.07, 6.45) is -5.66. The normalized spacial score (nSPS) is 12.7. The molecule has 0 radical (unpaired) electrons. The third-order valence-corrected chi connectivity index (χ3v) is 3.69. The minimum Gasteiger partial charge on any atom is -0.392 e. The third-order valence-electron chi connectivity index (χ3n) is 2.13.